The predicted molar refractivity (Wildman–Crippen MR) is 61.1 cm³/mol. The number of anilines is 2. The van der Waals surface area contributed by atoms with Crippen LogP contribution in [0.3, 0.4) is 0 Å². The number of hydrogen-bond donors (Lipinski definition) is 2. The van der Waals surface area contributed by atoms with Gasteiger partial charge >= 0.3 is 5.97 Å². The zero-order valence-corrected chi connectivity index (χ0v) is 9.24. The zero-order chi connectivity index (χ0) is 12.1. The number of amides is 1. The van der Waals surface area contributed by atoms with E-state index in [9.17, 15) is 9.59 Å². The van der Waals surface area contributed by atoms with Gasteiger partial charge in [0.15, 0.2) is 0 Å². The van der Waals surface area contributed by atoms with Gasteiger partial charge in [-0.25, -0.2) is 4.79 Å². The molecule has 0 saturated carbocycles. The number of rotatable bonds is 3. The number of hydrogen-bond acceptors (Lipinski definition) is 4. The molecule has 0 aromatic heterocycles. The Morgan fingerprint density at radius 2 is 2.12 bits per heavy atom. The second kappa shape index (κ2) is 5.16. The van der Waals surface area contributed by atoms with Gasteiger partial charge in [-0.05, 0) is 19.1 Å². The fraction of sp³-hybridized carbons (Fsp3) is 0.273. The van der Waals surface area contributed by atoms with Gasteiger partial charge in [0.1, 0.15) is 0 Å². The van der Waals surface area contributed by atoms with Gasteiger partial charge in [-0.15, -0.1) is 0 Å². The lowest BCUT2D eigenvalue weighted by molar-refractivity contribution is -0.114. The van der Waals surface area contributed by atoms with E-state index in [1.807, 2.05) is 0 Å². The summed E-state index contributed by atoms with van der Waals surface area (Å²) in [6.07, 6.45) is 0. The molecule has 0 aliphatic heterocycles. The summed E-state index contributed by atoms with van der Waals surface area (Å²) in [5, 5.41) is 2.52. The molecule has 0 fully saturated rings. The van der Waals surface area contributed by atoms with Crippen LogP contribution in [-0.4, -0.2) is 18.5 Å². The smallest absolute Gasteiger partial charge is 0.340 e. The number of nitrogen functional groups attached to an aromatic ring is 1. The van der Waals surface area contributed by atoms with Crippen molar-refractivity contribution in [3.8, 4) is 0 Å². The van der Waals surface area contributed by atoms with Gasteiger partial charge in [-0.1, -0.05) is 6.07 Å². The first kappa shape index (κ1) is 12.0. The van der Waals surface area contributed by atoms with E-state index < -0.39 is 5.97 Å². The normalized spacial score (nSPS) is 9.62. The van der Waals surface area contributed by atoms with Crippen LogP contribution in [0.5, 0.6) is 0 Å². The highest BCUT2D eigenvalue weighted by Crippen LogP contribution is 2.24. The first-order chi connectivity index (χ1) is 7.56. The Labute approximate surface area is 93.6 Å². The molecule has 0 aliphatic carbocycles. The fourth-order valence-corrected chi connectivity index (χ4v) is 1.26. The summed E-state index contributed by atoms with van der Waals surface area (Å²) in [5.74, 6) is -0.790. The number of benzene rings is 1. The summed E-state index contributed by atoms with van der Waals surface area (Å²) in [6.45, 7) is 3.33. The molecule has 1 aromatic rings. The van der Waals surface area contributed by atoms with Crippen molar-refractivity contribution < 1.29 is 14.3 Å². The SMILES string of the molecule is CCOC(=O)c1cccc(N)c1NC(C)=O. The molecular weight excluding hydrogens is 208 g/mol. The molecule has 0 atom stereocenters. The maximum atomic E-state index is 11.6. The molecule has 0 radical (unpaired) electrons. The highest BCUT2D eigenvalue weighted by atomic mass is 16.5. The second-order valence-electron chi connectivity index (χ2n) is 3.17. The van der Waals surface area contributed by atoms with Crippen molar-refractivity contribution in [3.63, 3.8) is 0 Å². The lowest BCUT2D eigenvalue weighted by Gasteiger charge is -2.11. The van der Waals surface area contributed by atoms with Crippen LogP contribution in [0.25, 0.3) is 0 Å². The van der Waals surface area contributed by atoms with Gasteiger partial charge in [0.25, 0.3) is 0 Å². The Bertz CT molecular complexity index is 416. The Morgan fingerprint density at radius 1 is 1.44 bits per heavy atom. The fourth-order valence-electron chi connectivity index (χ4n) is 1.26. The van der Waals surface area contributed by atoms with Gasteiger partial charge in [-0.2, -0.15) is 0 Å². The van der Waals surface area contributed by atoms with Crippen molar-refractivity contribution in [2.24, 2.45) is 0 Å². The molecule has 0 spiro atoms. The van der Waals surface area contributed by atoms with E-state index in [0.717, 1.165) is 0 Å². The predicted octanol–water partition coefficient (Wildman–Crippen LogP) is 1.40. The van der Waals surface area contributed by atoms with Crippen LogP contribution >= 0.6 is 0 Å². The summed E-state index contributed by atoms with van der Waals surface area (Å²) in [6, 6.07) is 4.79. The Balaban J connectivity index is 3.11. The number of esters is 1. The van der Waals surface area contributed by atoms with E-state index in [-0.39, 0.29) is 18.1 Å². The van der Waals surface area contributed by atoms with Gasteiger partial charge in [-0.3, -0.25) is 4.79 Å². The van der Waals surface area contributed by atoms with Gasteiger partial charge in [0, 0.05) is 6.92 Å². The van der Waals surface area contributed by atoms with Crippen molar-refractivity contribution in [1.82, 2.24) is 0 Å². The lowest BCUT2D eigenvalue weighted by atomic mass is 10.1. The van der Waals surface area contributed by atoms with Crippen molar-refractivity contribution >= 4 is 23.3 Å². The van der Waals surface area contributed by atoms with Crippen LogP contribution in [0.2, 0.25) is 0 Å². The zero-order valence-electron chi connectivity index (χ0n) is 9.24. The molecule has 86 valence electrons. The van der Waals surface area contributed by atoms with Crippen LogP contribution in [0, 0.1) is 0 Å². The third kappa shape index (κ3) is 2.73. The van der Waals surface area contributed by atoms with E-state index >= 15 is 0 Å². The van der Waals surface area contributed by atoms with Crippen molar-refractivity contribution in [1.29, 1.82) is 0 Å². The quantitative estimate of drug-likeness (QED) is 0.598. The summed E-state index contributed by atoms with van der Waals surface area (Å²) < 4.78 is 4.86. The van der Waals surface area contributed by atoms with E-state index in [1.54, 1.807) is 25.1 Å². The molecule has 1 rings (SSSR count). The standard InChI is InChI=1S/C11H14N2O3/c1-3-16-11(15)8-5-4-6-9(12)10(8)13-7(2)14/h4-6H,3,12H2,1-2H3,(H,13,14). The van der Waals surface area contributed by atoms with E-state index in [0.29, 0.717) is 11.4 Å². The minimum atomic E-state index is -0.501. The number of nitrogens with two attached hydrogens (primary N) is 1. The second-order valence-corrected chi connectivity index (χ2v) is 3.17. The van der Waals surface area contributed by atoms with Crippen LogP contribution in [0.15, 0.2) is 18.2 Å². The maximum Gasteiger partial charge on any atom is 0.340 e. The van der Waals surface area contributed by atoms with Crippen LogP contribution in [-0.2, 0) is 9.53 Å². The Morgan fingerprint density at radius 3 is 2.69 bits per heavy atom. The molecule has 3 N–H and O–H groups in total. The minimum absolute atomic E-state index is 0.261. The third-order valence-corrected chi connectivity index (χ3v) is 1.89. The summed E-state index contributed by atoms with van der Waals surface area (Å²) >= 11 is 0. The van der Waals surface area contributed by atoms with Gasteiger partial charge < -0.3 is 15.8 Å². The van der Waals surface area contributed by atoms with E-state index in [4.69, 9.17) is 10.5 Å². The molecule has 5 nitrogen and oxygen atoms in total. The van der Waals surface area contributed by atoms with Crippen molar-refractivity contribution in [2.75, 3.05) is 17.7 Å². The third-order valence-electron chi connectivity index (χ3n) is 1.89. The Kier molecular flexibility index (Phi) is 3.88. The molecule has 0 heterocycles. The summed E-state index contributed by atoms with van der Waals surface area (Å²) in [4.78, 5) is 22.5. The molecule has 0 bridgehead atoms. The number of nitrogens with one attached hydrogen (secondary N) is 1. The average Bonchev–Trinajstić information content (AvgIpc) is 2.20. The topological polar surface area (TPSA) is 81.4 Å². The van der Waals surface area contributed by atoms with Gasteiger partial charge in [0.2, 0.25) is 5.91 Å². The van der Waals surface area contributed by atoms with Crippen molar-refractivity contribution in [2.45, 2.75) is 13.8 Å². The molecule has 0 unspecified atom stereocenters. The monoisotopic (exact) mass is 222 g/mol. The summed E-state index contributed by atoms with van der Waals surface area (Å²) in [7, 11) is 0. The minimum Gasteiger partial charge on any atom is -0.462 e. The maximum absolute atomic E-state index is 11.6. The first-order valence-corrected chi connectivity index (χ1v) is 4.89. The van der Waals surface area contributed by atoms with Gasteiger partial charge in [0.05, 0.1) is 23.5 Å². The molecule has 1 aromatic carbocycles. The largest absolute Gasteiger partial charge is 0.462 e. The molecule has 1 amide bonds. The number of carbonyl (C=O) groups excluding carboxylic acids is 2. The molecule has 0 aliphatic rings. The van der Waals surface area contributed by atoms with Crippen LogP contribution < -0.4 is 11.1 Å². The van der Waals surface area contributed by atoms with Crippen molar-refractivity contribution in [3.05, 3.63) is 23.8 Å². The first-order valence-electron chi connectivity index (χ1n) is 4.89. The van der Waals surface area contributed by atoms with E-state index in [2.05, 4.69) is 5.32 Å². The molecule has 16 heavy (non-hydrogen) atoms. The number of carbonyl (C=O) groups is 2. The molecule has 5 heteroatoms. The number of ether oxygens (including phenoxy) is 1. The van der Waals surface area contributed by atoms with Crippen LogP contribution in [0.4, 0.5) is 11.4 Å². The molecule has 0 saturated heterocycles. The lowest BCUT2D eigenvalue weighted by Crippen LogP contribution is -2.14. The number of para-hydroxylation sites is 1. The Hall–Kier alpha value is -2.04. The molecular formula is C11H14N2O3. The van der Waals surface area contributed by atoms with Crippen LogP contribution in [0.1, 0.15) is 24.2 Å². The highest BCUT2D eigenvalue weighted by molar-refractivity contribution is 6.04. The summed E-state index contributed by atoms with van der Waals surface area (Å²) in [5.41, 5.74) is 6.58. The average molecular weight is 222 g/mol. The highest BCUT2D eigenvalue weighted by Gasteiger charge is 2.15. The van der Waals surface area contributed by atoms with E-state index in [1.165, 1.54) is 6.92 Å².